The molecule has 0 aliphatic heterocycles. The molecular weight excluding hydrogens is 232 g/mol. The van der Waals surface area contributed by atoms with Gasteiger partial charge in [0.25, 0.3) is 0 Å². The van der Waals surface area contributed by atoms with E-state index in [1.54, 1.807) is 18.9 Å². The zero-order chi connectivity index (χ0) is 13.1. The summed E-state index contributed by atoms with van der Waals surface area (Å²) < 4.78 is 0. The largest absolute Gasteiger partial charge is 0.392 e. The molecule has 4 heteroatoms. The van der Waals surface area contributed by atoms with E-state index in [0.717, 1.165) is 5.69 Å². The highest BCUT2D eigenvalue weighted by molar-refractivity contribution is 7.80. The molecule has 1 amide bonds. The van der Waals surface area contributed by atoms with Crippen LogP contribution < -0.4 is 10.6 Å². The van der Waals surface area contributed by atoms with Crippen molar-refractivity contribution in [2.24, 2.45) is 11.1 Å². The maximum Gasteiger partial charge on any atom is 0.239 e. The minimum absolute atomic E-state index is 0.0706. The third-order valence-electron chi connectivity index (χ3n) is 3.17. The maximum atomic E-state index is 12.4. The van der Waals surface area contributed by atoms with Crippen molar-refractivity contribution in [3.63, 3.8) is 0 Å². The van der Waals surface area contributed by atoms with Crippen molar-refractivity contribution in [2.45, 2.75) is 20.3 Å². The molecule has 2 N–H and O–H groups in total. The van der Waals surface area contributed by atoms with Crippen LogP contribution in [0.1, 0.15) is 20.3 Å². The highest BCUT2D eigenvalue weighted by Gasteiger charge is 2.37. The lowest BCUT2D eigenvalue weighted by Gasteiger charge is -2.30. The Morgan fingerprint density at radius 2 is 1.94 bits per heavy atom. The predicted molar refractivity (Wildman–Crippen MR) is 75.0 cm³/mol. The zero-order valence-corrected chi connectivity index (χ0v) is 11.3. The highest BCUT2D eigenvalue weighted by Crippen LogP contribution is 2.26. The summed E-state index contributed by atoms with van der Waals surface area (Å²) >= 11 is 5.01. The fourth-order valence-electron chi connectivity index (χ4n) is 1.57. The van der Waals surface area contributed by atoms with E-state index in [1.807, 2.05) is 37.3 Å². The van der Waals surface area contributed by atoms with Gasteiger partial charge in [-0.05, 0) is 25.5 Å². The number of nitrogens with zero attached hydrogens (tertiary/aromatic N) is 1. The Kier molecular flexibility index (Phi) is 4.23. The van der Waals surface area contributed by atoms with Crippen LogP contribution in [-0.2, 0) is 4.79 Å². The fourth-order valence-corrected chi connectivity index (χ4v) is 1.80. The van der Waals surface area contributed by atoms with E-state index in [0.29, 0.717) is 6.42 Å². The van der Waals surface area contributed by atoms with Gasteiger partial charge in [0.2, 0.25) is 5.91 Å². The molecule has 1 rings (SSSR count). The molecule has 0 aliphatic rings. The Morgan fingerprint density at radius 1 is 1.41 bits per heavy atom. The molecule has 0 saturated heterocycles. The first-order chi connectivity index (χ1) is 7.93. The summed E-state index contributed by atoms with van der Waals surface area (Å²) in [5, 5.41) is 0. The van der Waals surface area contributed by atoms with Gasteiger partial charge in [0, 0.05) is 12.7 Å². The molecule has 1 aromatic rings. The lowest BCUT2D eigenvalue weighted by atomic mass is 9.86. The zero-order valence-electron chi connectivity index (χ0n) is 10.4. The van der Waals surface area contributed by atoms with Crippen molar-refractivity contribution in [1.82, 2.24) is 0 Å². The second-order valence-corrected chi connectivity index (χ2v) is 4.69. The Morgan fingerprint density at radius 3 is 2.35 bits per heavy atom. The number of carbonyl (C=O) groups excluding carboxylic acids is 1. The van der Waals surface area contributed by atoms with Crippen LogP contribution in [0, 0.1) is 5.41 Å². The number of benzene rings is 1. The summed E-state index contributed by atoms with van der Waals surface area (Å²) in [4.78, 5) is 14.2. The number of hydrogen-bond donors (Lipinski definition) is 1. The van der Waals surface area contributed by atoms with Gasteiger partial charge in [-0.25, -0.2) is 0 Å². The summed E-state index contributed by atoms with van der Waals surface area (Å²) in [6.45, 7) is 3.70. The van der Waals surface area contributed by atoms with Crippen LogP contribution in [0.4, 0.5) is 5.69 Å². The minimum Gasteiger partial charge on any atom is -0.392 e. The molecule has 92 valence electrons. The summed E-state index contributed by atoms with van der Waals surface area (Å²) in [6, 6.07) is 9.46. The lowest BCUT2D eigenvalue weighted by Crippen LogP contribution is -2.47. The molecule has 0 aliphatic carbocycles. The Labute approximate surface area is 108 Å². The van der Waals surface area contributed by atoms with E-state index < -0.39 is 5.41 Å². The van der Waals surface area contributed by atoms with Crippen LogP contribution >= 0.6 is 12.2 Å². The standard InChI is InChI=1S/C13H18N2OS/c1-4-13(2,11(14)17)12(16)15(3)10-8-6-5-7-9-10/h5-9H,4H2,1-3H3,(H2,14,17). The van der Waals surface area contributed by atoms with Gasteiger partial charge in [-0.2, -0.15) is 0 Å². The van der Waals surface area contributed by atoms with Crippen LogP contribution in [0.5, 0.6) is 0 Å². The molecule has 0 aromatic heterocycles. The first-order valence-corrected chi connectivity index (χ1v) is 5.97. The number of anilines is 1. The maximum absolute atomic E-state index is 12.4. The number of rotatable bonds is 4. The monoisotopic (exact) mass is 250 g/mol. The van der Waals surface area contributed by atoms with Crippen LogP contribution in [0.25, 0.3) is 0 Å². The van der Waals surface area contributed by atoms with Crippen molar-refractivity contribution >= 4 is 28.8 Å². The molecule has 17 heavy (non-hydrogen) atoms. The van der Waals surface area contributed by atoms with Crippen molar-refractivity contribution in [1.29, 1.82) is 0 Å². The highest BCUT2D eigenvalue weighted by atomic mass is 32.1. The number of amides is 1. The minimum atomic E-state index is -0.778. The van der Waals surface area contributed by atoms with Gasteiger partial charge < -0.3 is 10.6 Å². The van der Waals surface area contributed by atoms with Crippen LogP contribution in [-0.4, -0.2) is 17.9 Å². The van der Waals surface area contributed by atoms with E-state index >= 15 is 0 Å². The van der Waals surface area contributed by atoms with Crippen LogP contribution in [0.2, 0.25) is 0 Å². The van der Waals surface area contributed by atoms with Crippen LogP contribution in [0.3, 0.4) is 0 Å². The van der Waals surface area contributed by atoms with Gasteiger partial charge in [0.1, 0.15) is 0 Å². The van der Waals surface area contributed by atoms with E-state index in [9.17, 15) is 4.79 Å². The van der Waals surface area contributed by atoms with Crippen molar-refractivity contribution in [3.05, 3.63) is 30.3 Å². The molecule has 0 bridgehead atoms. The van der Waals surface area contributed by atoms with E-state index in [4.69, 9.17) is 18.0 Å². The van der Waals surface area contributed by atoms with E-state index in [-0.39, 0.29) is 10.9 Å². The lowest BCUT2D eigenvalue weighted by molar-refractivity contribution is -0.124. The summed E-state index contributed by atoms with van der Waals surface area (Å²) in [5.74, 6) is -0.0706. The second kappa shape index (κ2) is 5.27. The quantitative estimate of drug-likeness (QED) is 0.834. The van der Waals surface area contributed by atoms with Gasteiger partial charge in [-0.3, -0.25) is 4.79 Å². The van der Waals surface area contributed by atoms with Gasteiger partial charge in [0.15, 0.2) is 0 Å². The molecule has 0 spiro atoms. The van der Waals surface area contributed by atoms with Gasteiger partial charge >= 0.3 is 0 Å². The topological polar surface area (TPSA) is 46.3 Å². The van der Waals surface area contributed by atoms with Crippen molar-refractivity contribution in [3.8, 4) is 0 Å². The van der Waals surface area contributed by atoms with Crippen molar-refractivity contribution < 1.29 is 4.79 Å². The third-order valence-corrected chi connectivity index (χ3v) is 3.62. The third kappa shape index (κ3) is 2.64. The Bertz CT molecular complexity index is 419. The number of hydrogen-bond acceptors (Lipinski definition) is 2. The summed E-state index contributed by atoms with van der Waals surface area (Å²) in [7, 11) is 1.74. The molecular formula is C13H18N2OS. The smallest absolute Gasteiger partial charge is 0.239 e. The molecule has 1 aromatic carbocycles. The van der Waals surface area contributed by atoms with E-state index in [2.05, 4.69) is 0 Å². The Balaban J connectivity index is 3.01. The first-order valence-electron chi connectivity index (χ1n) is 5.56. The molecule has 0 heterocycles. The average Bonchev–Trinajstić information content (AvgIpc) is 2.36. The van der Waals surface area contributed by atoms with Crippen LogP contribution in [0.15, 0.2) is 30.3 Å². The molecule has 0 fully saturated rings. The fraction of sp³-hybridized carbons (Fsp3) is 0.385. The molecule has 0 radical (unpaired) electrons. The number of para-hydroxylation sites is 1. The van der Waals surface area contributed by atoms with Gasteiger partial charge in [0.05, 0.1) is 10.4 Å². The summed E-state index contributed by atoms with van der Waals surface area (Å²) in [5.41, 5.74) is 5.75. The number of carbonyl (C=O) groups is 1. The average molecular weight is 250 g/mol. The molecule has 0 saturated carbocycles. The summed E-state index contributed by atoms with van der Waals surface area (Å²) in [6.07, 6.45) is 0.596. The number of nitrogens with two attached hydrogens (primary N) is 1. The van der Waals surface area contributed by atoms with Gasteiger partial charge in [-0.15, -0.1) is 0 Å². The van der Waals surface area contributed by atoms with Gasteiger partial charge in [-0.1, -0.05) is 37.3 Å². The Hall–Kier alpha value is -1.42. The molecule has 3 nitrogen and oxygen atoms in total. The second-order valence-electron chi connectivity index (χ2n) is 4.25. The normalized spacial score (nSPS) is 13.8. The number of thiocarbonyl (C=S) groups is 1. The SMILES string of the molecule is CCC(C)(C(=O)N(C)c1ccccc1)C(N)=S. The first kappa shape index (κ1) is 13.6. The van der Waals surface area contributed by atoms with E-state index in [1.165, 1.54) is 0 Å². The molecule has 1 atom stereocenters. The molecule has 1 unspecified atom stereocenters. The predicted octanol–water partition coefficient (Wildman–Crippen LogP) is 2.35. The van der Waals surface area contributed by atoms with Crippen molar-refractivity contribution in [2.75, 3.05) is 11.9 Å².